The zero-order chi connectivity index (χ0) is 22.9. The van der Waals surface area contributed by atoms with E-state index in [2.05, 4.69) is 40.0 Å². The van der Waals surface area contributed by atoms with Crippen molar-refractivity contribution in [2.45, 2.75) is 18.9 Å². The molecule has 1 saturated heterocycles. The van der Waals surface area contributed by atoms with Crippen LogP contribution in [0.15, 0.2) is 65.6 Å². The minimum atomic E-state index is -0.383. The van der Waals surface area contributed by atoms with Gasteiger partial charge in [-0.1, -0.05) is 23.7 Å². The van der Waals surface area contributed by atoms with Gasteiger partial charge in [-0.25, -0.2) is 0 Å². The summed E-state index contributed by atoms with van der Waals surface area (Å²) >= 11 is 6.13. The summed E-state index contributed by atoms with van der Waals surface area (Å²) in [6.07, 6.45) is 3.24. The van der Waals surface area contributed by atoms with Crippen LogP contribution in [0, 0.1) is 0 Å². The van der Waals surface area contributed by atoms with Crippen molar-refractivity contribution in [1.82, 2.24) is 9.88 Å². The molecule has 1 fully saturated rings. The molecule has 5 rings (SSSR count). The fourth-order valence-electron chi connectivity index (χ4n) is 4.99. The molecule has 2 aromatic carbocycles. The number of anilines is 2. The molecule has 1 atom stereocenters. The Labute approximate surface area is 198 Å². The maximum Gasteiger partial charge on any atom is 0.264 e. The van der Waals surface area contributed by atoms with Gasteiger partial charge in [-0.05, 0) is 73.5 Å². The van der Waals surface area contributed by atoms with E-state index in [0.717, 1.165) is 50.3 Å². The number of aromatic nitrogens is 1. The molecule has 0 bridgehead atoms. The second kappa shape index (κ2) is 9.04. The number of nitrogens with one attached hydrogen (secondary N) is 1. The number of likely N-dealkylation sites (N-methyl/N-ethyl adjacent to an activating group) is 1. The Kier molecular flexibility index (Phi) is 5.96. The third kappa shape index (κ3) is 4.16. The topological polar surface area (TPSA) is 59.6 Å². The standard InChI is InChI=1S/C26H27ClN4O2/c1-29-14-16-30(17-15-29)23-6-2-4-20-21(23)11-12-24(20)31(19-9-7-18(27)8-10-19)26(33)22-5-3-13-28-25(22)32/h2-10,13,24H,11-12,14-17H2,1H3,(H,28,32). The maximum atomic E-state index is 13.7. The molecule has 1 aliphatic heterocycles. The van der Waals surface area contributed by atoms with Crippen LogP contribution in [0.1, 0.15) is 33.9 Å². The van der Waals surface area contributed by atoms with Crippen molar-refractivity contribution in [2.75, 3.05) is 43.0 Å². The van der Waals surface area contributed by atoms with Crippen molar-refractivity contribution >= 4 is 28.9 Å². The summed E-state index contributed by atoms with van der Waals surface area (Å²) in [4.78, 5) is 35.4. The van der Waals surface area contributed by atoms with Gasteiger partial charge in [0, 0.05) is 48.8 Å². The smallest absolute Gasteiger partial charge is 0.264 e. The molecule has 6 nitrogen and oxygen atoms in total. The third-order valence-electron chi connectivity index (χ3n) is 6.74. The number of hydrogen-bond acceptors (Lipinski definition) is 4. The van der Waals surface area contributed by atoms with Gasteiger partial charge in [-0.2, -0.15) is 0 Å². The third-order valence-corrected chi connectivity index (χ3v) is 6.99. The molecular weight excluding hydrogens is 436 g/mol. The van der Waals surface area contributed by atoms with Crippen LogP contribution in [0.3, 0.4) is 0 Å². The second-order valence-electron chi connectivity index (χ2n) is 8.75. The van der Waals surface area contributed by atoms with Gasteiger partial charge in [0.15, 0.2) is 0 Å². The molecule has 7 heteroatoms. The fourth-order valence-corrected chi connectivity index (χ4v) is 5.11. The number of carbonyl (C=O) groups excluding carboxylic acids is 1. The molecule has 2 aliphatic rings. The van der Waals surface area contributed by atoms with E-state index >= 15 is 0 Å². The van der Waals surface area contributed by atoms with E-state index in [0.29, 0.717) is 5.02 Å². The lowest BCUT2D eigenvalue weighted by molar-refractivity contribution is 0.0974. The maximum absolute atomic E-state index is 13.7. The molecule has 1 amide bonds. The average Bonchev–Trinajstić information content (AvgIpc) is 3.25. The quantitative estimate of drug-likeness (QED) is 0.633. The fraction of sp³-hybridized carbons (Fsp3) is 0.308. The van der Waals surface area contributed by atoms with Gasteiger partial charge in [-0.3, -0.25) is 9.59 Å². The predicted molar refractivity (Wildman–Crippen MR) is 133 cm³/mol. The summed E-state index contributed by atoms with van der Waals surface area (Å²) in [6, 6.07) is 16.8. The molecule has 0 radical (unpaired) electrons. The predicted octanol–water partition coefficient (Wildman–Crippen LogP) is 4.11. The van der Waals surface area contributed by atoms with Crippen molar-refractivity contribution in [3.8, 4) is 0 Å². The van der Waals surface area contributed by atoms with Crippen molar-refractivity contribution in [2.24, 2.45) is 0 Å². The number of pyridine rings is 1. The highest BCUT2D eigenvalue weighted by molar-refractivity contribution is 6.30. The minimum Gasteiger partial charge on any atom is -0.369 e. The van der Waals surface area contributed by atoms with Crippen molar-refractivity contribution < 1.29 is 4.79 Å². The summed E-state index contributed by atoms with van der Waals surface area (Å²) in [5, 5.41) is 0.605. The summed E-state index contributed by atoms with van der Waals surface area (Å²) in [5.41, 5.74) is 4.21. The number of aromatic amines is 1. The Bertz CT molecular complexity index is 1220. The Hall–Kier alpha value is -3.09. The first-order chi connectivity index (χ1) is 16.0. The first-order valence-electron chi connectivity index (χ1n) is 11.3. The number of hydrogen-bond donors (Lipinski definition) is 1. The molecular formula is C26H27ClN4O2. The molecule has 0 saturated carbocycles. The Morgan fingerprint density at radius 2 is 1.79 bits per heavy atom. The van der Waals surface area contributed by atoms with Crippen LogP contribution in [0.25, 0.3) is 0 Å². The zero-order valence-electron chi connectivity index (χ0n) is 18.6. The van der Waals surface area contributed by atoms with Gasteiger partial charge >= 0.3 is 0 Å². The van der Waals surface area contributed by atoms with Gasteiger partial charge in [0.1, 0.15) is 5.56 Å². The lowest BCUT2D eigenvalue weighted by atomic mass is 10.0. The Morgan fingerprint density at radius 3 is 2.52 bits per heavy atom. The van der Waals surface area contributed by atoms with Crippen molar-refractivity contribution in [3.63, 3.8) is 0 Å². The number of nitrogens with zero attached hydrogens (tertiary/aromatic N) is 3. The van der Waals surface area contributed by atoms with E-state index in [1.165, 1.54) is 11.3 Å². The van der Waals surface area contributed by atoms with Gasteiger partial charge in [0.25, 0.3) is 11.5 Å². The largest absolute Gasteiger partial charge is 0.369 e. The van der Waals surface area contributed by atoms with Crippen molar-refractivity contribution in [1.29, 1.82) is 0 Å². The van der Waals surface area contributed by atoms with E-state index in [9.17, 15) is 9.59 Å². The first kappa shape index (κ1) is 21.7. The average molecular weight is 463 g/mol. The summed E-state index contributed by atoms with van der Waals surface area (Å²) in [6.45, 7) is 4.08. The number of carbonyl (C=O) groups is 1. The molecule has 1 aromatic heterocycles. The highest BCUT2D eigenvalue weighted by Crippen LogP contribution is 2.43. The van der Waals surface area contributed by atoms with Crippen molar-refractivity contribution in [3.05, 3.63) is 92.9 Å². The highest BCUT2D eigenvalue weighted by atomic mass is 35.5. The minimum absolute atomic E-state index is 0.135. The molecule has 0 spiro atoms. The number of halogens is 1. The second-order valence-corrected chi connectivity index (χ2v) is 9.19. The van der Waals surface area contributed by atoms with Crippen LogP contribution in [-0.4, -0.2) is 49.0 Å². The van der Waals surface area contributed by atoms with E-state index in [4.69, 9.17) is 11.6 Å². The van der Waals surface area contributed by atoms with E-state index in [-0.39, 0.29) is 23.1 Å². The van der Waals surface area contributed by atoms with E-state index < -0.39 is 0 Å². The number of rotatable bonds is 4. The highest BCUT2D eigenvalue weighted by Gasteiger charge is 2.35. The molecule has 1 N–H and O–H groups in total. The number of fused-ring (bicyclic) bond motifs is 1. The van der Waals surface area contributed by atoms with Crippen LogP contribution >= 0.6 is 11.6 Å². The number of piperazine rings is 1. The first-order valence-corrected chi connectivity index (χ1v) is 11.7. The number of amides is 1. The van der Waals surface area contributed by atoms with Gasteiger partial charge in [0.05, 0.1) is 6.04 Å². The lowest BCUT2D eigenvalue weighted by Gasteiger charge is -2.35. The Morgan fingerprint density at radius 1 is 1.03 bits per heavy atom. The van der Waals surface area contributed by atoms with Gasteiger partial charge < -0.3 is 19.7 Å². The van der Waals surface area contributed by atoms with Gasteiger partial charge in [0.2, 0.25) is 0 Å². The van der Waals surface area contributed by atoms with Crippen LogP contribution in [0.5, 0.6) is 0 Å². The molecule has 1 aliphatic carbocycles. The van der Waals surface area contributed by atoms with E-state index in [1.54, 1.807) is 35.4 Å². The van der Waals surface area contributed by atoms with E-state index in [1.807, 2.05) is 12.1 Å². The number of benzene rings is 2. The molecule has 33 heavy (non-hydrogen) atoms. The van der Waals surface area contributed by atoms with Crippen LogP contribution in [-0.2, 0) is 6.42 Å². The van der Waals surface area contributed by atoms with Crippen LogP contribution in [0.2, 0.25) is 5.02 Å². The normalized spacial score (nSPS) is 18.2. The number of H-pyrrole nitrogens is 1. The molecule has 1 unspecified atom stereocenters. The molecule has 170 valence electrons. The van der Waals surface area contributed by atoms with Crippen LogP contribution < -0.4 is 15.4 Å². The Balaban J connectivity index is 1.56. The SMILES string of the molecule is CN1CCN(c2cccc3c2CCC3N(C(=O)c2ccc[nH]c2=O)c2ccc(Cl)cc2)CC1. The molecule has 3 aromatic rings. The summed E-state index contributed by atoms with van der Waals surface area (Å²) in [7, 11) is 2.16. The monoisotopic (exact) mass is 462 g/mol. The summed E-state index contributed by atoms with van der Waals surface area (Å²) < 4.78 is 0. The summed E-state index contributed by atoms with van der Waals surface area (Å²) in [5.74, 6) is -0.304. The lowest BCUT2D eigenvalue weighted by Crippen LogP contribution is -2.44. The zero-order valence-corrected chi connectivity index (χ0v) is 19.4. The van der Waals surface area contributed by atoms with Gasteiger partial charge in [-0.15, -0.1) is 0 Å². The molecule has 2 heterocycles. The van der Waals surface area contributed by atoms with Crippen LogP contribution in [0.4, 0.5) is 11.4 Å².